The Balaban J connectivity index is 1.50. The van der Waals surface area contributed by atoms with Crippen molar-refractivity contribution < 1.29 is 0 Å². The zero-order chi connectivity index (χ0) is 15.6. The summed E-state index contributed by atoms with van der Waals surface area (Å²) in [6, 6.07) is 6.06. The zero-order valence-corrected chi connectivity index (χ0v) is 13.5. The molecule has 120 valence electrons. The SMILES string of the molecule is CCn1cc(CN2CCCC(c3nnc4ccccn34)C2)cn1. The van der Waals surface area contributed by atoms with E-state index in [0.717, 1.165) is 37.7 Å². The van der Waals surface area contributed by atoms with Crippen molar-refractivity contribution in [2.45, 2.75) is 38.8 Å². The summed E-state index contributed by atoms with van der Waals surface area (Å²) in [5.41, 5.74) is 2.22. The summed E-state index contributed by atoms with van der Waals surface area (Å²) in [6.07, 6.45) is 8.58. The maximum Gasteiger partial charge on any atom is 0.160 e. The molecule has 1 aliphatic heterocycles. The molecule has 0 saturated carbocycles. The van der Waals surface area contributed by atoms with Crippen molar-refractivity contribution in [3.8, 4) is 0 Å². The van der Waals surface area contributed by atoms with Crippen LogP contribution in [0.3, 0.4) is 0 Å². The van der Waals surface area contributed by atoms with Crippen molar-refractivity contribution in [1.29, 1.82) is 0 Å². The third-order valence-electron chi connectivity index (χ3n) is 4.63. The summed E-state index contributed by atoms with van der Waals surface area (Å²) in [6.45, 7) is 6.18. The van der Waals surface area contributed by atoms with E-state index in [-0.39, 0.29) is 0 Å². The van der Waals surface area contributed by atoms with Gasteiger partial charge in [-0.15, -0.1) is 10.2 Å². The van der Waals surface area contributed by atoms with E-state index in [1.54, 1.807) is 0 Å². The van der Waals surface area contributed by atoms with Crippen LogP contribution in [-0.2, 0) is 13.1 Å². The molecule has 6 heteroatoms. The van der Waals surface area contributed by atoms with E-state index in [2.05, 4.69) is 43.9 Å². The molecule has 0 aliphatic carbocycles. The van der Waals surface area contributed by atoms with E-state index in [4.69, 9.17) is 0 Å². The Labute approximate surface area is 135 Å². The van der Waals surface area contributed by atoms with E-state index in [0.29, 0.717) is 5.92 Å². The number of nitrogens with zero attached hydrogens (tertiary/aromatic N) is 6. The number of hydrogen-bond donors (Lipinski definition) is 0. The topological polar surface area (TPSA) is 51.2 Å². The molecule has 6 nitrogen and oxygen atoms in total. The van der Waals surface area contributed by atoms with Crippen molar-refractivity contribution >= 4 is 5.65 Å². The number of aryl methyl sites for hydroxylation is 1. The second-order valence-electron chi connectivity index (χ2n) is 6.27. The fourth-order valence-electron chi connectivity index (χ4n) is 3.47. The van der Waals surface area contributed by atoms with Crippen LogP contribution < -0.4 is 0 Å². The highest BCUT2D eigenvalue weighted by atomic mass is 15.3. The monoisotopic (exact) mass is 310 g/mol. The predicted octanol–water partition coefficient (Wildman–Crippen LogP) is 2.33. The Morgan fingerprint density at radius 1 is 1.26 bits per heavy atom. The molecule has 3 aromatic rings. The molecule has 0 spiro atoms. The van der Waals surface area contributed by atoms with Crippen molar-refractivity contribution in [3.63, 3.8) is 0 Å². The van der Waals surface area contributed by atoms with Crippen LogP contribution in [0.4, 0.5) is 0 Å². The van der Waals surface area contributed by atoms with Crippen molar-refractivity contribution in [1.82, 2.24) is 29.3 Å². The van der Waals surface area contributed by atoms with Gasteiger partial charge in [-0.1, -0.05) is 6.07 Å². The lowest BCUT2D eigenvalue weighted by atomic mass is 9.97. The summed E-state index contributed by atoms with van der Waals surface area (Å²) in [4.78, 5) is 2.51. The van der Waals surface area contributed by atoms with Crippen molar-refractivity contribution in [2.75, 3.05) is 13.1 Å². The van der Waals surface area contributed by atoms with Gasteiger partial charge in [-0.2, -0.15) is 5.10 Å². The number of piperidine rings is 1. The van der Waals surface area contributed by atoms with Gasteiger partial charge in [0.15, 0.2) is 5.65 Å². The summed E-state index contributed by atoms with van der Waals surface area (Å²) >= 11 is 0. The lowest BCUT2D eigenvalue weighted by molar-refractivity contribution is 0.196. The average molecular weight is 310 g/mol. The molecule has 0 N–H and O–H groups in total. The van der Waals surface area contributed by atoms with E-state index in [1.807, 2.05) is 29.1 Å². The first kappa shape index (κ1) is 14.4. The molecule has 1 unspecified atom stereocenters. The van der Waals surface area contributed by atoms with Gasteiger partial charge in [0.25, 0.3) is 0 Å². The van der Waals surface area contributed by atoms with Crippen LogP contribution in [0.15, 0.2) is 36.8 Å². The first-order valence-electron chi connectivity index (χ1n) is 8.37. The highest BCUT2D eigenvalue weighted by Crippen LogP contribution is 2.26. The second kappa shape index (κ2) is 6.12. The first-order valence-corrected chi connectivity index (χ1v) is 8.37. The third kappa shape index (κ3) is 2.86. The summed E-state index contributed by atoms with van der Waals surface area (Å²) in [7, 11) is 0. The number of aromatic nitrogens is 5. The standard InChI is InChI=1S/C17H22N6/c1-2-22-12-14(10-18-22)11-21-8-5-6-15(13-21)17-20-19-16-7-3-4-9-23(16)17/h3-4,7,9-10,12,15H,2,5-6,8,11,13H2,1H3. The molecule has 1 saturated heterocycles. The van der Waals surface area contributed by atoms with Gasteiger partial charge >= 0.3 is 0 Å². The van der Waals surface area contributed by atoms with E-state index >= 15 is 0 Å². The fraction of sp³-hybridized carbons (Fsp3) is 0.471. The number of fused-ring (bicyclic) bond motifs is 1. The van der Waals surface area contributed by atoms with Crippen LogP contribution in [0, 0.1) is 0 Å². The molecule has 4 heterocycles. The maximum absolute atomic E-state index is 4.45. The number of pyridine rings is 1. The Morgan fingerprint density at radius 3 is 3.09 bits per heavy atom. The number of likely N-dealkylation sites (tertiary alicyclic amines) is 1. The van der Waals surface area contributed by atoms with Crippen LogP contribution in [0.2, 0.25) is 0 Å². The van der Waals surface area contributed by atoms with E-state index in [1.165, 1.54) is 18.4 Å². The minimum absolute atomic E-state index is 0.447. The largest absolute Gasteiger partial charge is 0.298 e. The maximum atomic E-state index is 4.45. The molecule has 1 atom stereocenters. The van der Waals surface area contributed by atoms with Gasteiger partial charge in [0.1, 0.15) is 5.82 Å². The molecular weight excluding hydrogens is 288 g/mol. The van der Waals surface area contributed by atoms with Crippen molar-refractivity contribution in [2.24, 2.45) is 0 Å². The quantitative estimate of drug-likeness (QED) is 0.742. The van der Waals surface area contributed by atoms with Crippen LogP contribution in [0.5, 0.6) is 0 Å². The molecule has 3 aromatic heterocycles. The smallest absolute Gasteiger partial charge is 0.160 e. The summed E-state index contributed by atoms with van der Waals surface area (Å²) < 4.78 is 4.12. The van der Waals surface area contributed by atoms with Gasteiger partial charge in [0.2, 0.25) is 0 Å². The Morgan fingerprint density at radius 2 is 2.22 bits per heavy atom. The highest BCUT2D eigenvalue weighted by Gasteiger charge is 2.25. The minimum Gasteiger partial charge on any atom is -0.298 e. The number of rotatable bonds is 4. The van der Waals surface area contributed by atoms with Crippen LogP contribution >= 0.6 is 0 Å². The molecule has 23 heavy (non-hydrogen) atoms. The second-order valence-corrected chi connectivity index (χ2v) is 6.27. The zero-order valence-electron chi connectivity index (χ0n) is 13.5. The Hall–Kier alpha value is -2.21. The molecule has 0 amide bonds. The van der Waals surface area contributed by atoms with Gasteiger partial charge in [0, 0.05) is 43.5 Å². The number of hydrogen-bond acceptors (Lipinski definition) is 4. The van der Waals surface area contributed by atoms with E-state index in [9.17, 15) is 0 Å². The van der Waals surface area contributed by atoms with Crippen molar-refractivity contribution in [3.05, 3.63) is 48.2 Å². The molecule has 1 aliphatic rings. The summed E-state index contributed by atoms with van der Waals surface area (Å²) in [5.74, 6) is 1.54. The highest BCUT2D eigenvalue weighted by molar-refractivity contribution is 5.37. The molecule has 0 radical (unpaired) electrons. The lowest BCUT2D eigenvalue weighted by Gasteiger charge is -2.31. The molecule has 0 aromatic carbocycles. The van der Waals surface area contributed by atoms with Gasteiger partial charge in [-0.3, -0.25) is 14.0 Å². The fourth-order valence-corrected chi connectivity index (χ4v) is 3.47. The summed E-state index contributed by atoms with van der Waals surface area (Å²) in [5, 5.41) is 13.1. The van der Waals surface area contributed by atoms with Gasteiger partial charge < -0.3 is 0 Å². The van der Waals surface area contributed by atoms with Crippen LogP contribution in [-0.4, -0.2) is 42.4 Å². The first-order chi connectivity index (χ1) is 11.3. The van der Waals surface area contributed by atoms with Crippen LogP contribution in [0.25, 0.3) is 5.65 Å². The molecule has 0 bridgehead atoms. The normalized spacial score (nSPS) is 19.4. The van der Waals surface area contributed by atoms with Gasteiger partial charge in [-0.25, -0.2) is 0 Å². The van der Waals surface area contributed by atoms with Crippen LogP contribution in [0.1, 0.15) is 37.1 Å². The Kier molecular flexibility index (Phi) is 3.83. The minimum atomic E-state index is 0.447. The molecule has 1 fully saturated rings. The average Bonchev–Trinajstić information content (AvgIpc) is 3.21. The van der Waals surface area contributed by atoms with E-state index < -0.39 is 0 Å². The third-order valence-corrected chi connectivity index (χ3v) is 4.63. The Bertz CT molecular complexity index is 789. The lowest BCUT2D eigenvalue weighted by Crippen LogP contribution is -2.34. The van der Waals surface area contributed by atoms with Gasteiger partial charge in [0.05, 0.1) is 6.20 Å². The molecule has 4 rings (SSSR count). The predicted molar refractivity (Wildman–Crippen MR) is 88.1 cm³/mol. The van der Waals surface area contributed by atoms with Gasteiger partial charge in [-0.05, 0) is 38.4 Å². The molecular formula is C17H22N6.